The molecule has 0 amide bonds. The normalized spacial score (nSPS) is 11.1. The zero-order valence-corrected chi connectivity index (χ0v) is 11.2. The van der Waals surface area contributed by atoms with Crippen molar-refractivity contribution in [3.05, 3.63) is 40.9 Å². The number of thioether (sulfide) groups is 1. The van der Waals surface area contributed by atoms with Gasteiger partial charge in [-0.05, 0) is 30.0 Å². The summed E-state index contributed by atoms with van der Waals surface area (Å²) in [7, 11) is 3.54. The van der Waals surface area contributed by atoms with E-state index in [1.54, 1.807) is 18.9 Å². The van der Waals surface area contributed by atoms with Crippen LogP contribution in [0.3, 0.4) is 0 Å². The predicted octanol–water partition coefficient (Wildman–Crippen LogP) is 2.84. The number of ether oxygens (including phenoxy) is 1. The molecular formula is C12H15NOS2. The highest BCUT2D eigenvalue weighted by molar-refractivity contribution is 8.02. The maximum atomic E-state index is 5.35. The summed E-state index contributed by atoms with van der Waals surface area (Å²) in [6.45, 7) is 0. The molecule has 0 heterocycles. The van der Waals surface area contributed by atoms with Gasteiger partial charge in [-0.1, -0.05) is 24.4 Å². The van der Waals surface area contributed by atoms with Crippen LogP contribution in [0.2, 0.25) is 0 Å². The minimum Gasteiger partial charge on any atom is -0.497 e. The molecule has 0 aliphatic rings. The largest absolute Gasteiger partial charge is 0.497 e. The quantitative estimate of drug-likeness (QED) is 0.495. The Morgan fingerprint density at radius 1 is 1.50 bits per heavy atom. The number of nitrogens with one attached hydrogen (secondary N) is 1. The Bertz CT molecular complexity index is 396. The molecule has 2 nitrogen and oxygen atoms in total. The van der Waals surface area contributed by atoms with E-state index in [9.17, 15) is 0 Å². The van der Waals surface area contributed by atoms with Gasteiger partial charge in [-0.3, -0.25) is 0 Å². The van der Waals surface area contributed by atoms with E-state index < -0.39 is 0 Å². The highest BCUT2D eigenvalue weighted by Gasteiger charge is 2.01. The summed E-state index contributed by atoms with van der Waals surface area (Å²) in [5.74, 6) is 0.823. The third-order valence-electron chi connectivity index (χ3n) is 2.08. The van der Waals surface area contributed by atoms with Crippen LogP contribution in [0.25, 0.3) is 0 Å². The van der Waals surface area contributed by atoms with Gasteiger partial charge in [0, 0.05) is 11.9 Å². The number of hydrogen-bond donors (Lipinski definition) is 1. The fourth-order valence-corrected chi connectivity index (χ4v) is 1.97. The fraction of sp³-hybridized carbons (Fsp3) is 0.250. The molecule has 86 valence electrons. The highest BCUT2D eigenvalue weighted by Crippen LogP contribution is 2.16. The van der Waals surface area contributed by atoms with Gasteiger partial charge in [0.15, 0.2) is 0 Å². The first-order chi connectivity index (χ1) is 7.71. The Hall–Kier alpha value is -1.00. The van der Waals surface area contributed by atoms with Crippen molar-refractivity contribution in [2.75, 3.05) is 20.4 Å². The second-order valence-electron chi connectivity index (χ2n) is 3.06. The summed E-state index contributed by atoms with van der Waals surface area (Å²) >= 11 is 6.99. The molecular weight excluding hydrogens is 238 g/mol. The summed E-state index contributed by atoms with van der Waals surface area (Å²) < 4.78 is 5.16. The Morgan fingerprint density at radius 3 is 2.81 bits per heavy atom. The lowest BCUT2D eigenvalue weighted by molar-refractivity contribution is 0.414. The molecule has 0 saturated heterocycles. The molecule has 1 aromatic rings. The first-order valence-corrected chi connectivity index (χ1v) is 6.46. The molecule has 0 spiro atoms. The van der Waals surface area contributed by atoms with Crippen molar-refractivity contribution in [1.82, 2.24) is 5.32 Å². The topological polar surface area (TPSA) is 21.3 Å². The van der Waals surface area contributed by atoms with Crippen molar-refractivity contribution in [3.8, 4) is 5.75 Å². The third kappa shape index (κ3) is 3.54. The molecule has 0 radical (unpaired) electrons. The second kappa shape index (κ2) is 6.55. The lowest BCUT2D eigenvalue weighted by atomic mass is 10.1. The van der Waals surface area contributed by atoms with Crippen molar-refractivity contribution >= 4 is 28.8 Å². The Balaban J connectivity index is 2.91. The lowest BCUT2D eigenvalue weighted by Crippen LogP contribution is -2.05. The van der Waals surface area contributed by atoms with Crippen LogP contribution in [0, 0.1) is 0 Å². The standard InChI is InChI=1S/C12H15NOS2/c1-13-12(16-3)8-11(15)9-5-4-6-10(7-9)14-2/h4-8,13H,1-3H3/b12-8+. The van der Waals surface area contributed by atoms with E-state index in [4.69, 9.17) is 17.0 Å². The van der Waals surface area contributed by atoms with Gasteiger partial charge < -0.3 is 10.1 Å². The maximum Gasteiger partial charge on any atom is 0.119 e. The number of benzene rings is 1. The van der Waals surface area contributed by atoms with Crippen LogP contribution in [0.15, 0.2) is 35.4 Å². The molecule has 1 rings (SSSR count). The molecule has 0 saturated carbocycles. The first kappa shape index (κ1) is 13.1. The highest BCUT2D eigenvalue weighted by atomic mass is 32.2. The van der Waals surface area contributed by atoms with E-state index in [0.29, 0.717) is 0 Å². The summed E-state index contributed by atoms with van der Waals surface area (Å²) in [6, 6.07) is 7.76. The van der Waals surface area contributed by atoms with E-state index in [-0.39, 0.29) is 0 Å². The van der Waals surface area contributed by atoms with Crippen molar-refractivity contribution in [3.63, 3.8) is 0 Å². The van der Waals surface area contributed by atoms with Crippen LogP contribution in [0.5, 0.6) is 5.75 Å². The van der Waals surface area contributed by atoms with E-state index in [1.807, 2.05) is 43.6 Å². The molecule has 16 heavy (non-hydrogen) atoms. The van der Waals surface area contributed by atoms with Gasteiger partial charge in [-0.2, -0.15) is 0 Å². The number of allylic oxidation sites excluding steroid dienone is 1. The molecule has 1 N–H and O–H groups in total. The molecule has 4 heteroatoms. The van der Waals surface area contributed by atoms with E-state index in [1.165, 1.54) is 0 Å². The smallest absolute Gasteiger partial charge is 0.119 e. The van der Waals surface area contributed by atoms with E-state index in [2.05, 4.69) is 5.32 Å². The minimum absolute atomic E-state index is 0.803. The Kier molecular flexibility index (Phi) is 5.35. The zero-order chi connectivity index (χ0) is 12.0. The summed E-state index contributed by atoms with van der Waals surface area (Å²) in [5, 5.41) is 4.14. The van der Waals surface area contributed by atoms with Crippen LogP contribution >= 0.6 is 24.0 Å². The Labute approximate surface area is 106 Å². The van der Waals surface area contributed by atoms with Crippen LogP contribution in [-0.4, -0.2) is 25.3 Å². The molecule has 0 aromatic heterocycles. The minimum atomic E-state index is 0.803. The van der Waals surface area contributed by atoms with Crippen LogP contribution in [-0.2, 0) is 0 Å². The van der Waals surface area contributed by atoms with Crippen LogP contribution in [0.4, 0.5) is 0 Å². The molecule has 1 aromatic carbocycles. The summed E-state index contributed by atoms with van der Waals surface area (Å²) in [4.78, 5) is 0.803. The lowest BCUT2D eigenvalue weighted by Gasteiger charge is -2.05. The maximum absolute atomic E-state index is 5.35. The van der Waals surface area contributed by atoms with Gasteiger partial charge in [0.1, 0.15) is 5.75 Å². The van der Waals surface area contributed by atoms with Gasteiger partial charge in [0.05, 0.1) is 12.1 Å². The van der Waals surface area contributed by atoms with Gasteiger partial charge in [-0.15, -0.1) is 11.8 Å². The van der Waals surface area contributed by atoms with Gasteiger partial charge >= 0.3 is 0 Å². The number of methoxy groups -OCH3 is 1. The Morgan fingerprint density at radius 2 is 2.25 bits per heavy atom. The van der Waals surface area contributed by atoms with Gasteiger partial charge in [0.25, 0.3) is 0 Å². The molecule has 0 aliphatic heterocycles. The SMILES string of the molecule is CN/C(=C\C(=S)c1cccc(OC)c1)SC. The predicted molar refractivity (Wildman–Crippen MR) is 75.4 cm³/mol. The van der Waals surface area contributed by atoms with E-state index >= 15 is 0 Å². The summed E-state index contributed by atoms with van der Waals surface area (Å²) in [6.07, 6.45) is 3.96. The van der Waals surface area contributed by atoms with Crippen molar-refractivity contribution in [2.45, 2.75) is 0 Å². The van der Waals surface area contributed by atoms with Crippen molar-refractivity contribution < 1.29 is 4.74 Å². The van der Waals surface area contributed by atoms with E-state index in [0.717, 1.165) is 21.2 Å². The zero-order valence-electron chi connectivity index (χ0n) is 9.61. The molecule has 0 aliphatic carbocycles. The average Bonchev–Trinajstić information content (AvgIpc) is 2.35. The monoisotopic (exact) mass is 253 g/mol. The second-order valence-corrected chi connectivity index (χ2v) is 4.35. The van der Waals surface area contributed by atoms with Crippen molar-refractivity contribution in [1.29, 1.82) is 0 Å². The summed E-state index contributed by atoms with van der Waals surface area (Å²) in [5.41, 5.74) is 0.996. The fourth-order valence-electron chi connectivity index (χ4n) is 1.21. The first-order valence-electron chi connectivity index (χ1n) is 4.83. The van der Waals surface area contributed by atoms with Gasteiger partial charge in [-0.25, -0.2) is 0 Å². The van der Waals surface area contributed by atoms with Crippen LogP contribution < -0.4 is 10.1 Å². The van der Waals surface area contributed by atoms with Crippen molar-refractivity contribution in [2.24, 2.45) is 0 Å². The molecule has 0 fully saturated rings. The molecule has 0 bridgehead atoms. The molecule has 0 atom stereocenters. The molecule has 0 unspecified atom stereocenters. The van der Waals surface area contributed by atoms with Gasteiger partial charge in [0.2, 0.25) is 0 Å². The average molecular weight is 253 g/mol. The number of hydrogen-bond acceptors (Lipinski definition) is 4. The number of rotatable bonds is 5. The van der Waals surface area contributed by atoms with Crippen LogP contribution in [0.1, 0.15) is 5.56 Å². The third-order valence-corrected chi connectivity index (χ3v) is 3.20. The number of thiocarbonyl (C=S) groups is 1.